The lowest BCUT2D eigenvalue weighted by Gasteiger charge is -2.21. The summed E-state index contributed by atoms with van der Waals surface area (Å²) in [5, 5.41) is 11.3. The van der Waals surface area contributed by atoms with Crippen molar-refractivity contribution in [3.8, 4) is 5.75 Å². The smallest absolute Gasteiger partial charge is 0.354 e. The van der Waals surface area contributed by atoms with E-state index in [1.165, 1.54) is 5.82 Å². The van der Waals surface area contributed by atoms with Gasteiger partial charge in [0.15, 0.2) is 6.79 Å². The topological polar surface area (TPSA) is 74.2 Å². The average molecular weight is 491 g/mol. The number of methoxy groups -OCH3 is 1. The molecule has 6 nitrogen and oxygen atoms in total. The van der Waals surface area contributed by atoms with E-state index >= 15 is 0 Å². The number of aliphatic hydroxyl groups is 1. The number of hydrogen-bond donors (Lipinski definition) is 1. The van der Waals surface area contributed by atoms with Gasteiger partial charge in [-0.05, 0) is 91.6 Å². The average Bonchev–Trinajstić information content (AvgIpc) is 2.80. The molecule has 0 amide bonds. The van der Waals surface area contributed by atoms with Crippen molar-refractivity contribution >= 4 is 13.7 Å². The molecule has 0 radical (unpaired) electrons. The van der Waals surface area contributed by atoms with Gasteiger partial charge in [0.25, 0.3) is 0 Å². The van der Waals surface area contributed by atoms with Gasteiger partial charge in [0.2, 0.25) is 0 Å². The fourth-order valence-corrected chi connectivity index (χ4v) is 5.28. The van der Waals surface area contributed by atoms with Gasteiger partial charge in [0, 0.05) is 12.9 Å². The van der Waals surface area contributed by atoms with Crippen molar-refractivity contribution in [1.82, 2.24) is 0 Å². The summed E-state index contributed by atoms with van der Waals surface area (Å²) in [5.74, 6) is 2.55. The molecule has 0 fully saturated rings. The Morgan fingerprint density at radius 1 is 1.03 bits per heavy atom. The molecule has 7 heteroatoms. The zero-order valence-electron chi connectivity index (χ0n) is 21.5. The van der Waals surface area contributed by atoms with Gasteiger partial charge in [0.1, 0.15) is 11.9 Å². The summed E-state index contributed by atoms with van der Waals surface area (Å²) < 4.78 is 34.2. The molecule has 188 valence electrons. The van der Waals surface area contributed by atoms with Crippen LogP contribution in [0, 0.1) is 13.8 Å². The first kappa shape index (κ1) is 28.3. The van der Waals surface area contributed by atoms with E-state index < -0.39 is 13.7 Å². The maximum atomic E-state index is 12.7. The summed E-state index contributed by atoms with van der Waals surface area (Å²) in [6.07, 6.45) is 1.93. The minimum atomic E-state index is -3.28. The van der Waals surface area contributed by atoms with Gasteiger partial charge in [0.05, 0.1) is 13.2 Å². The van der Waals surface area contributed by atoms with Gasteiger partial charge in [-0.3, -0.25) is 4.57 Å². The van der Waals surface area contributed by atoms with E-state index in [0.717, 1.165) is 45.6 Å². The highest BCUT2D eigenvalue weighted by atomic mass is 31.2. The standard InChI is InChI=1S/C27H39O6P/c1-8-19(4)24-17-23(11-12-25(24)31-18-30-7)27(28)26-20(5)15-22(16-21(26)6)13-14-34(29,32-9-2)33-10-3/h11-17,19,27-28H,8-10,18H2,1-7H3/b14-13+. The van der Waals surface area contributed by atoms with Crippen LogP contribution in [0.3, 0.4) is 0 Å². The molecule has 0 aliphatic heterocycles. The fourth-order valence-electron chi connectivity index (χ4n) is 3.96. The summed E-state index contributed by atoms with van der Waals surface area (Å²) in [4.78, 5) is 0. The highest BCUT2D eigenvalue weighted by molar-refractivity contribution is 7.57. The van der Waals surface area contributed by atoms with Crippen LogP contribution in [-0.2, 0) is 18.3 Å². The van der Waals surface area contributed by atoms with Gasteiger partial charge in [-0.25, -0.2) is 0 Å². The first-order valence-electron chi connectivity index (χ1n) is 11.8. The van der Waals surface area contributed by atoms with E-state index in [1.54, 1.807) is 27.0 Å². The predicted molar refractivity (Wildman–Crippen MR) is 138 cm³/mol. The molecule has 0 aliphatic rings. The van der Waals surface area contributed by atoms with E-state index in [2.05, 4.69) is 13.8 Å². The Balaban J connectivity index is 2.39. The minimum absolute atomic E-state index is 0.179. The van der Waals surface area contributed by atoms with Crippen LogP contribution in [0.4, 0.5) is 0 Å². The number of aliphatic hydroxyl groups excluding tert-OH is 1. The molecular weight excluding hydrogens is 451 g/mol. The molecule has 1 N–H and O–H groups in total. The SMILES string of the molecule is CCOP(=O)(/C=C/c1cc(C)c(C(O)c2ccc(OCOC)c(C(C)CC)c2)c(C)c1)OCC. The van der Waals surface area contributed by atoms with Crippen LogP contribution in [0.25, 0.3) is 6.08 Å². The molecule has 34 heavy (non-hydrogen) atoms. The zero-order chi connectivity index (χ0) is 25.3. The molecule has 2 aromatic carbocycles. The highest BCUT2D eigenvalue weighted by Crippen LogP contribution is 2.50. The largest absolute Gasteiger partial charge is 0.467 e. The van der Waals surface area contributed by atoms with Crippen molar-refractivity contribution in [2.24, 2.45) is 0 Å². The van der Waals surface area contributed by atoms with Crippen molar-refractivity contribution in [3.63, 3.8) is 0 Å². The zero-order valence-corrected chi connectivity index (χ0v) is 22.4. The van der Waals surface area contributed by atoms with E-state index in [0.29, 0.717) is 13.2 Å². The lowest BCUT2D eigenvalue weighted by Crippen LogP contribution is -2.08. The molecule has 2 aromatic rings. The Morgan fingerprint density at radius 3 is 2.18 bits per heavy atom. The number of benzene rings is 2. The maximum absolute atomic E-state index is 12.7. The van der Waals surface area contributed by atoms with Crippen molar-refractivity contribution in [2.75, 3.05) is 27.1 Å². The molecule has 2 atom stereocenters. The van der Waals surface area contributed by atoms with Gasteiger partial charge < -0.3 is 23.6 Å². The fraction of sp³-hybridized carbons (Fsp3) is 0.481. The van der Waals surface area contributed by atoms with Crippen molar-refractivity contribution in [1.29, 1.82) is 0 Å². The Morgan fingerprint density at radius 2 is 1.65 bits per heavy atom. The van der Waals surface area contributed by atoms with Crippen LogP contribution >= 0.6 is 7.60 Å². The number of hydrogen-bond acceptors (Lipinski definition) is 6. The van der Waals surface area contributed by atoms with Crippen molar-refractivity contribution < 1.29 is 28.2 Å². The molecule has 0 heterocycles. The lowest BCUT2D eigenvalue weighted by molar-refractivity contribution is 0.0501. The summed E-state index contributed by atoms with van der Waals surface area (Å²) in [6, 6.07) is 9.76. The Hall–Kier alpha value is -1.95. The van der Waals surface area contributed by atoms with Crippen LogP contribution in [0.15, 0.2) is 36.1 Å². The Bertz CT molecular complexity index is 983. The molecule has 2 rings (SSSR count). The lowest BCUT2D eigenvalue weighted by atomic mass is 9.89. The van der Waals surface area contributed by atoms with Gasteiger partial charge in [-0.15, -0.1) is 0 Å². The molecule has 0 saturated heterocycles. The van der Waals surface area contributed by atoms with Crippen molar-refractivity contribution in [2.45, 2.75) is 60.0 Å². The van der Waals surface area contributed by atoms with Crippen LogP contribution in [0.1, 0.15) is 79.5 Å². The molecule has 0 bridgehead atoms. The van der Waals surface area contributed by atoms with Gasteiger partial charge >= 0.3 is 7.60 Å². The van der Waals surface area contributed by atoms with Gasteiger partial charge in [-0.1, -0.05) is 32.0 Å². The van der Waals surface area contributed by atoms with E-state index in [9.17, 15) is 9.67 Å². The van der Waals surface area contributed by atoms with Crippen molar-refractivity contribution in [3.05, 3.63) is 69.5 Å². The maximum Gasteiger partial charge on any atom is 0.354 e. The predicted octanol–water partition coefficient (Wildman–Crippen LogP) is 7.12. The van der Waals surface area contributed by atoms with Crippen LogP contribution in [0.2, 0.25) is 0 Å². The van der Waals surface area contributed by atoms with Crippen LogP contribution < -0.4 is 4.74 Å². The minimum Gasteiger partial charge on any atom is -0.467 e. The molecule has 0 spiro atoms. The molecule has 0 aliphatic carbocycles. The highest BCUT2D eigenvalue weighted by Gasteiger charge is 2.21. The van der Waals surface area contributed by atoms with Gasteiger partial charge in [-0.2, -0.15) is 0 Å². The molecule has 0 aromatic heterocycles. The first-order chi connectivity index (χ1) is 16.2. The Labute approximate surface area is 204 Å². The van der Waals surface area contributed by atoms with E-state index in [1.807, 2.05) is 44.2 Å². The monoisotopic (exact) mass is 490 g/mol. The summed E-state index contributed by atoms with van der Waals surface area (Å²) in [7, 11) is -1.68. The first-order valence-corrected chi connectivity index (χ1v) is 13.4. The normalized spacial score (nSPS) is 13.9. The third kappa shape index (κ3) is 7.27. The van der Waals surface area contributed by atoms with Crippen LogP contribution in [0.5, 0.6) is 5.75 Å². The second-order valence-corrected chi connectivity index (χ2v) is 10.2. The quantitative estimate of drug-likeness (QED) is 0.238. The second-order valence-electron chi connectivity index (χ2n) is 8.32. The molecular formula is C27H39O6P. The molecule has 0 saturated carbocycles. The summed E-state index contributed by atoms with van der Waals surface area (Å²) in [5.41, 5.74) is 5.48. The number of aryl methyl sites for hydroxylation is 2. The number of rotatable bonds is 13. The van der Waals surface area contributed by atoms with E-state index in [4.69, 9.17) is 18.5 Å². The number of ether oxygens (including phenoxy) is 2. The van der Waals surface area contributed by atoms with Crippen LogP contribution in [-0.4, -0.2) is 32.2 Å². The van der Waals surface area contributed by atoms with E-state index in [-0.39, 0.29) is 12.7 Å². The molecule has 2 unspecified atom stereocenters. The second kappa shape index (κ2) is 13.2. The third-order valence-corrected chi connectivity index (χ3v) is 7.53. The third-order valence-electron chi connectivity index (χ3n) is 5.78. The summed E-state index contributed by atoms with van der Waals surface area (Å²) in [6.45, 7) is 12.6. The summed E-state index contributed by atoms with van der Waals surface area (Å²) >= 11 is 0. The Kier molecular flexibility index (Phi) is 11.0.